The van der Waals surface area contributed by atoms with E-state index in [2.05, 4.69) is 12.6 Å². The predicted octanol–water partition coefficient (Wildman–Crippen LogP) is 2.86. The molecular formula is C10H14OS. The zero-order chi connectivity index (χ0) is 9.19. The fourth-order valence-corrected chi connectivity index (χ4v) is 1.13. The molecule has 0 aromatic heterocycles. The number of methoxy groups -OCH3 is 1. The van der Waals surface area contributed by atoms with Crippen molar-refractivity contribution in [2.45, 2.75) is 24.3 Å². The van der Waals surface area contributed by atoms with E-state index in [1.54, 1.807) is 7.11 Å². The Morgan fingerprint density at radius 1 is 1.17 bits per heavy atom. The molecule has 0 unspecified atom stereocenters. The molecule has 0 heterocycles. The highest BCUT2D eigenvalue weighted by molar-refractivity contribution is 7.80. The normalized spacial score (nSPS) is 11.7. The van der Waals surface area contributed by atoms with Gasteiger partial charge in [0.25, 0.3) is 0 Å². The van der Waals surface area contributed by atoms with Crippen molar-refractivity contribution in [3.63, 3.8) is 0 Å². The van der Waals surface area contributed by atoms with Gasteiger partial charge in [0.05, 0.1) is 5.60 Å². The summed E-state index contributed by atoms with van der Waals surface area (Å²) in [6.45, 7) is 4.08. The fourth-order valence-electron chi connectivity index (χ4n) is 0.981. The SMILES string of the molecule is COC(C)(C)c1ccc(S)cc1. The Kier molecular flexibility index (Phi) is 2.80. The van der Waals surface area contributed by atoms with Crippen LogP contribution >= 0.6 is 12.6 Å². The van der Waals surface area contributed by atoms with E-state index in [-0.39, 0.29) is 5.60 Å². The van der Waals surface area contributed by atoms with Crippen molar-refractivity contribution < 1.29 is 4.74 Å². The van der Waals surface area contributed by atoms with Crippen molar-refractivity contribution >= 4 is 12.6 Å². The van der Waals surface area contributed by atoms with Gasteiger partial charge >= 0.3 is 0 Å². The predicted molar refractivity (Wildman–Crippen MR) is 53.7 cm³/mol. The molecule has 1 rings (SSSR count). The monoisotopic (exact) mass is 182 g/mol. The van der Waals surface area contributed by atoms with Crippen LogP contribution < -0.4 is 0 Å². The maximum Gasteiger partial charge on any atom is 0.0871 e. The summed E-state index contributed by atoms with van der Waals surface area (Å²) in [5.74, 6) is 0. The van der Waals surface area contributed by atoms with Gasteiger partial charge in [-0.25, -0.2) is 0 Å². The molecule has 0 bridgehead atoms. The minimum Gasteiger partial charge on any atom is -0.374 e. The van der Waals surface area contributed by atoms with Gasteiger partial charge in [-0.3, -0.25) is 0 Å². The maximum atomic E-state index is 5.34. The summed E-state index contributed by atoms with van der Waals surface area (Å²) in [6.07, 6.45) is 0. The summed E-state index contributed by atoms with van der Waals surface area (Å²) < 4.78 is 5.34. The van der Waals surface area contributed by atoms with Crippen LogP contribution in [0.4, 0.5) is 0 Å². The average molecular weight is 182 g/mol. The Balaban J connectivity index is 2.96. The largest absolute Gasteiger partial charge is 0.374 e. The molecule has 0 atom stereocenters. The Hall–Kier alpha value is -0.470. The summed E-state index contributed by atoms with van der Waals surface area (Å²) in [7, 11) is 1.72. The molecule has 0 N–H and O–H groups in total. The minimum absolute atomic E-state index is 0.207. The van der Waals surface area contributed by atoms with E-state index >= 15 is 0 Å². The van der Waals surface area contributed by atoms with Gasteiger partial charge in [0.15, 0.2) is 0 Å². The smallest absolute Gasteiger partial charge is 0.0871 e. The van der Waals surface area contributed by atoms with Crippen LogP contribution in [-0.2, 0) is 10.3 Å². The molecule has 2 heteroatoms. The molecule has 0 spiro atoms. The molecule has 0 saturated heterocycles. The van der Waals surface area contributed by atoms with Crippen LogP contribution in [0, 0.1) is 0 Å². The van der Waals surface area contributed by atoms with Gasteiger partial charge in [-0.2, -0.15) is 0 Å². The summed E-state index contributed by atoms with van der Waals surface area (Å²) >= 11 is 4.22. The van der Waals surface area contributed by atoms with E-state index < -0.39 is 0 Å². The van der Waals surface area contributed by atoms with Crippen LogP contribution in [0.5, 0.6) is 0 Å². The molecule has 1 aromatic carbocycles. The second-order valence-electron chi connectivity index (χ2n) is 3.26. The first-order chi connectivity index (χ1) is 5.56. The Labute approximate surface area is 79.2 Å². The van der Waals surface area contributed by atoms with Gasteiger partial charge in [0.2, 0.25) is 0 Å². The van der Waals surface area contributed by atoms with E-state index in [0.717, 1.165) is 4.90 Å². The van der Waals surface area contributed by atoms with E-state index in [9.17, 15) is 0 Å². The highest BCUT2D eigenvalue weighted by atomic mass is 32.1. The molecule has 0 aliphatic heterocycles. The van der Waals surface area contributed by atoms with Gasteiger partial charge in [0, 0.05) is 12.0 Å². The standard InChI is InChI=1S/C10H14OS/c1-10(2,11-3)8-4-6-9(12)7-5-8/h4-7,12H,1-3H3. The van der Waals surface area contributed by atoms with Gasteiger partial charge in [-0.05, 0) is 31.5 Å². The van der Waals surface area contributed by atoms with Crippen molar-refractivity contribution in [3.8, 4) is 0 Å². The molecule has 1 aromatic rings. The first-order valence-electron chi connectivity index (χ1n) is 3.91. The quantitative estimate of drug-likeness (QED) is 0.692. The van der Waals surface area contributed by atoms with E-state index in [1.165, 1.54) is 5.56 Å². The Morgan fingerprint density at radius 2 is 1.67 bits per heavy atom. The van der Waals surface area contributed by atoms with E-state index in [0.29, 0.717) is 0 Å². The third kappa shape index (κ3) is 2.02. The minimum atomic E-state index is -0.207. The third-order valence-electron chi connectivity index (χ3n) is 2.07. The van der Waals surface area contributed by atoms with Gasteiger partial charge in [-0.15, -0.1) is 12.6 Å². The summed E-state index contributed by atoms with van der Waals surface area (Å²) in [4.78, 5) is 0.977. The topological polar surface area (TPSA) is 9.23 Å². The number of benzene rings is 1. The second kappa shape index (κ2) is 3.50. The molecule has 0 fully saturated rings. The molecule has 0 aliphatic carbocycles. The first-order valence-corrected chi connectivity index (χ1v) is 4.35. The lowest BCUT2D eigenvalue weighted by Crippen LogP contribution is -2.18. The highest BCUT2D eigenvalue weighted by Crippen LogP contribution is 2.24. The van der Waals surface area contributed by atoms with Gasteiger partial charge in [0.1, 0.15) is 0 Å². The Morgan fingerprint density at radius 3 is 2.08 bits per heavy atom. The van der Waals surface area contributed by atoms with Gasteiger partial charge < -0.3 is 4.74 Å². The lowest BCUT2D eigenvalue weighted by molar-refractivity contribution is 0.0192. The van der Waals surface area contributed by atoms with Crippen LogP contribution in [0.2, 0.25) is 0 Å². The van der Waals surface area contributed by atoms with Crippen molar-refractivity contribution in [3.05, 3.63) is 29.8 Å². The van der Waals surface area contributed by atoms with E-state index in [4.69, 9.17) is 4.74 Å². The molecule has 0 saturated carbocycles. The summed E-state index contributed by atoms with van der Waals surface area (Å²) in [5.41, 5.74) is 0.962. The van der Waals surface area contributed by atoms with Crippen molar-refractivity contribution in [2.75, 3.05) is 7.11 Å². The number of hydrogen-bond acceptors (Lipinski definition) is 2. The number of ether oxygens (including phenoxy) is 1. The average Bonchev–Trinajstić information content (AvgIpc) is 2.05. The molecular weight excluding hydrogens is 168 g/mol. The summed E-state index contributed by atoms with van der Waals surface area (Å²) in [6, 6.07) is 8.01. The molecule has 0 radical (unpaired) electrons. The molecule has 0 aliphatic rings. The number of thiol groups is 1. The van der Waals surface area contributed by atoms with Crippen molar-refractivity contribution in [1.29, 1.82) is 0 Å². The van der Waals surface area contributed by atoms with Crippen LogP contribution in [0.15, 0.2) is 29.2 Å². The number of hydrogen-bond donors (Lipinski definition) is 1. The second-order valence-corrected chi connectivity index (χ2v) is 3.78. The highest BCUT2D eigenvalue weighted by Gasteiger charge is 2.18. The first kappa shape index (κ1) is 9.62. The summed E-state index contributed by atoms with van der Waals surface area (Å²) in [5, 5.41) is 0. The van der Waals surface area contributed by atoms with Crippen LogP contribution in [-0.4, -0.2) is 7.11 Å². The van der Waals surface area contributed by atoms with Crippen LogP contribution in [0.3, 0.4) is 0 Å². The van der Waals surface area contributed by atoms with Crippen LogP contribution in [0.25, 0.3) is 0 Å². The van der Waals surface area contributed by atoms with Crippen molar-refractivity contribution in [1.82, 2.24) is 0 Å². The zero-order valence-corrected chi connectivity index (χ0v) is 8.56. The molecule has 1 nitrogen and oxygen atoms in total. The van der Waals surface area contributed by atoms with E-state index in [1.807, 2.05) is 38.1 Å². The Bertz CT molecular complexity index is 251. The number of rotatable bonds is 2. The maximum absolute atomic E-state index is 5.34. The third-order valence-corrected chi connectivity index (χ3v) is 2.37. The lowest BCUT2D eigenvalue weighted by Gasteiger charge is -2.23. The molecule has 12 heavy (non-hydrogen) atoms. The zero-order valence-electron chi connectivity index (χ0n) is 7.66. The van der Waals surface area contributed by atoms with Gasteiger partial charge in [-0.1, -0.05) is 12.1 Å². The van der Waals surface area contributed by atoms with Crippen molar-refractivity contribution in [2.24, 2.45) is 0 Å². The molecule has 66 valence electrons. The van der Waals surface area contributed by atoms with Crippen LogP contribution in [0.1, 0.15) is 19.4 Å². The molecule has 0 amide bonds. The lowest BCUT2D eigenvalue weighted by atomic mass is 9.98. The fraction of sp³-hybridized carbons (Fsp3) is 0.400.